The number of nitrogens with zero attached hydrogens (tertiary/aromatic N) is 1. The lowest BCUT2D eigenvalue weighted by atomic mass is 9.86. The SMILES string of the molecule is Cc1cc(C)c2c(c1)/C(=N/O)CCC2. The first-order chi connectivity index (χ1) is 6.72. The number of hydrogen-bond donors (Lipinski definition) is 1. The molecular formula is C12H15NO. The zero-order valence-electron chi connectivity index (χ0n) is 8.67. The fourth-order valence-corrected chi connectivity index (χ4v) is 2.26. The van der Waals surface area contributed by atoms with E-state index in [-0.39, 0.29) is 0 Å². The minimum absolute atomic E-state index is 0.845. The van der Waals surface area contributed by atoms with Crippen molar-refractivity contribution in [2.24, 2.45) is 5.16 Å². The van der Waals surface area contributed by atoms with Crippen molar-refractivity contribution in [1.82, 2.24) is 0 Å². The molecule has 1 aliphatic carbocycles. The molecule has 74 valence electrons. The van der Waals surface area contributed by atoms with Crippen LogP contribution in [0.1, 0.15) is 35.1 Å². The number of aryl methyl sites for hydroxylation is 2. The second-order valence-electron chi connectivity index (χ2n) is 4.01. The fraction of sp³-hybridized carbons (Fsp3) is 0.417. The Morgan fingerprint density at radius 1 is 1.21 bits per heavy atom. The Kier molecular flexibility index (Phi) is 2.28. The zero-order valence-corrected chi connectivity index (χ0v) is 8.67. The van der Waals surface area contributed by atoms with Crippen LogP contribution in [0.15, 0.2) is 17.3 Å². The highest BCUT2D eigenvalue weighted by Crippen LogP contribution is 2.25. The van der Waals surface area contributed by atoms with Gasteiger partial charge in [0.15, 0.2) is 0 Å². The van der Waals surface area contributed by atoms with Crippen molar-refractivity contribution < 1.29 is 5.21 Å². The van der Waals surface area contributed by atoms with Crippen LogP contribution in [0.4, 0.5) is 0 Å². The predicted molar refractivity (Wildman–Crippen MR) is 57.2 cm³/mol. The van der Waals surface area contributed by atoms with E-state index < -0.39 is 0 Å². The molecule has 0 heterocycles. The van der Waals surface area contributed by atoms with Crippen LogP contribution in [0.2, 0.25) is 0 Å². The van der Waals surface area contributed by atoms with E-state index in [1.807, 2.05) is 0 Å². The van der Waals surface area contributed by atoms with Gasteiger partial charge in [-0.05, 0) is 50.3 Å². The van der Waals surface area contributed by atoms with Crippen LogP contribution < -0.4 is 0 Å². The second kappa shape index (κ2) is 3.45. The molecule has 0 bridgehead atoms. The van der Waals surface area contributed by atoms with Crippen LogP contribution in [0, 0.1) is 13.8 Å². The highest BCUT2D eigenvalue weighted by Gasteiger charge is 2.17. The summed E-state index contributed by atoms with van der Waals surface area (Å²) in [7, 11) is 0. The molecule has 1 aromatic carbocycles. The van der Waals surface area contributed by atoms with Crippen molar-refractivity contribution in [3.8, 4) is 0 Å². The van der Waals surface area contributed by atoms with Crippen LogP contribution in [0.3, 0.4) is 0 Å². The van der Waals surface area contributed by atoms with E-state index in [0.29, 0.717) is 0 Å². The molecular weight excluding hydrogens is 174 g/mol. The van der Waals surface area contributed by atoms with E-state index in [9.17, 15) is 0 Å². The summed E-state index contributed by atoms with van der Waals surface area (Å²) in [6.07, 6.45) is 3.10. The predicted octanol–water partition coefficient (Wildman–Crippen LogP) is 2.82. The minimum Gasteiger partial charge on any atom is -0.411 e. The molecule has 1 aliphatic rings. The lowest BCUT2D eigenvalue weighted by Gasteiger charge is -2.19. The molecule has 0 fully saturated rings. The Balaban J connectivity index is 2.62. The molecule has 0 saturated heterocycles. The van der Waals surface area contributed by atoms with Gasteiger partial charge < -0.3 is 5.21 Å². The summed E-state index contributed by atoms with van der Waals surface area (Å²) in [5.41, 5.74) is 5.91. The third-order valence-electron chi connectivity index (χ3n) is 2.89. The average Bonchev–Trinajstić information content (AvgIpc) is 2.17. The van der Waals surface area contributed by atoms with Crippen molar-refractivity contribution in [2.45, 2.75) is 33.1 Å². The smallest absolute Gasteiger partial charge is 0.0870 e. The van der Waals surface area contributed by atoms with E-state index in [4.69, 9.17) is 5.21 Å². The number of rotatable bonds is 0. The molecule has 0 atom stereocenters. The third kappa shape index (κ3) is 1.41. The minimum atomic E-state index is 0.845. The van der Waals surface area contributed by atoms with Crippen LogP contribution in [0.5, 0.6) is 0 Å². The molecule has 0 unspecified atom stereocenters. The Morgan fingerprint density at radius 3 is 2.71 bits per heavy atom. The number of hydrogen-bond acceptors (Lipinski definition) is 2. The first-order valence-corrected chi connectivity index (χ1v) is 5.04. The monoisotopic (exact) mass is 189 g/mol. The van der Waals surface area contributed by atoms with Crippen LogP contribution in [0.25, 0.3) is 0 Å². The number of benzene rings is 1. The third-order valence-corrected chi connectivity index (χ3v) is 2.89. The molecule has 1 N–H and O–H groups in total. The maximum atomic E-state index is 8.91. The van der Waals surface area contributed by atoms with Gasteiger partial charge in [-0.2, -0.15) is 0 Å². The Hall–Kier alpha value is -1.31. The largest absolute Gasteiger partial charge is 0.411 e. The lowest BCUT2D eigenvalue weighted by Crippen LogP contribution is -2.13. The van der Waals surface area contributed by atoms with Crippen molar-refractivity contribution in [3.63, 3.8) is 0 Å². The molecule has 2 heteroatoms. The van der Waals surface area contributed by atoms with Crippen molar-refractivity contribution in [3.05, 3.63) is 34.4 Å². The van der Waals surface area contributed by atoms with E-state index in [2.05, 4.69) is 31.1 Å². The van der Waals surface area contributed by atoms with Gasteiger partial charge in [-0.1, -0.05) is 16.8 Å². The van der Waals surface area contributed by atoms with Crippen molar-refractivity contribution >= 4 is 5.71 Å². The first-order valence-electron chi connectivity index (χ1n) is 5.04. The van der Waals surface area contributed by atoms with E-state index in [1.54, 1.807) is 0 Å². The molecule has 0 aromatic heterocycles. The highest BCUT2D eigenvalue weighted by molar-refractivity contribution is 6.02. The quantitative estimate of drug-likeness (QED) is 0.494. The van der Waals surface area contributed by atoms with Crippen molar-refractivity contribution in [1.29, 1.82) is 0 Å². The van der Waals surface area contributed by atoms with Crippen molar-refractivity contribution in [2.75, 3.05) is 0 Å². The van der Waals surface area contributed by atoms with E-state index >= 15 is 0 Å². The van der Waals surface area contributed by atoms with Gasteiger partial charge in [0.2, 0.25) is 0 Å². The first kappa shape index (κ1) is 9.25. The molecule has 0 spiro atoms. The molecule has 1 aromatic rings. The van der Waals surface area contributed by atoms with Gasteiger partial charge in [0.1, 0.15) is 0 Å². The molecule has 2 rings (SSSR count). The number of fused-ring (bicyclic) bond motifs is 1. The Labute approximate surface area is 84.3 Å². The lowest BCUT2D eigenvalue weighted by molar-refractivity contribution is 0.317. The highest BCUT2D eigenvalue weighted by atomic mass is 16.4. The van der Waals surface area contributed by atoms with Gasteiger partial charge >= 0.3 is 0 Å². The zero-order chi connectivity index (χ0) is 10.1. The normalized spacial score (nSPS) is 18.3. The van der Waals surface area contributed by atoms with E-state index in [0.717, 1.165) is 30.5 Å². The van der Waals surface area contributed by atoms with Gasteiger partial charge in [0, 0.05) is 5.56 Å². The summed E-state index contributed by atoms with van der Waals surface area (Å²) in [4.78, 5) is 0. The topological polar surface area (TPSA) is 32.6 Å². The summed E-state index contributed by atoms with van der Waals surface area (Å²) < 4.78 is 0. The van der Waals surface area contributed by atoms with Crippen LogP contribution in [-0.2, 0) is 6.42 Å². The molecule has 0 radical (unpaired) electrons. The van der Waals surface area contributed by atoms with Gasteiger partial charge in [-0.3, -0.25) is 0 Å². The molecule has 2 nitrogen and oxygen atoms in total. The van der Waals surface area contributed by atoms with Gasteiger partial charge in [-0.25, -0.2) is 0 Å². The van der Waals surface area contributed by atoms with Gasteiger partial charge in [0.25, 0.3) is 0 Å². The Morgan fingerprint density at radius 2 is 2.00 bits per heavy atom. The molecule has 0 aliphatic heterocycles. The molecule has 14 heavy (non-hydrogen) atoms. The fourth-order valence-electron chi connectivity index (χ4n) is 2.26. The summed E-state index contributed by atoms with van der Waals surface area (Å²) in [5.74, 6) is 0. The molecule has 0 amide bonds. The Bertz CT molecular complexity index is 394. The summed E-state index contributed by atoms with van der Waals surface area (Å²) in [6.45, 7) is 4.21. The van der Waals surface area contributed by atoms with Crippen LogP contribution >= 0.6 is 0 Å². The standard InChI is InChI=1S/C12H15NO/c1-8-6-9(2)10-4-3-5-12(13-14)11(10)7-8/h6-7,14H,3-5H2,1-2H3/b13-12+. The van der Waals surface area contributed by atoms with Gasteiger partial charge in [0.05, 0.1) is 5.71 Å². The van der Waals surface area contributed by atoms with E-state index in [1.165, 1.54) is 16.7 Å². The maximum Gasteiger partial charge on any atom is 0.0870 e. The maximum absolute atomic E-state index is 8.91. The summed E-state index contributed by atoms with van der Waals surface area (Å²) >= 11 is 0. The van der Waals surface area contributed by atoms with Crippen LogP contribution in [-0.4, -0.2) is 10.9 Å². The summed E-state index contributed by atoms with van der Waals surface area (Å²) in [5, 5.41) is 12.3. The average molecular weight is 189 g/mol. The molecule has 0 saturated carbocycles. The number of oxime groups is 1. The summed E-state index contributed by atoms with van der Waals surface area (Å²) in [6, 6.07) is 4.32. The second-order valence-corrected chi connectivity index (χ2v) is 4.01. The van der Waals surface area contributed by atoms with Gasteiger partial charge in [-0.15, -0.1) is 0 Å².